The number of fused-ring (bicyclic) bond motifs is 3. The SMILES string of the molecule is CN1CC[C@H]2[C@@H](C1)c1cc(N(C)c3cccc(C(F)(F)F)c3F)cc3c1N2CCOC3. The highest BCUT2D eigenvalue weighted by atomic mass is 19.4. The highest BCUT2D eigenvalue weighted by Crippen LogP contribution is 2.49. The molecule has 2 atom stereocenters. The van der Waals surface area contributed by atoms with Crippen molar-refractivity contribution in [2.75, 3.05) is 50.1 Å². The summed E-state index contributed by atoms with van der Waals surface area (Å²) in [5, 5.41) is 0. The predicted octanol–water partition coefficient (Wildman–Crippen LogP) is 4.75. The second-order valence-electron chi connectivity index (χ2n) is 8.71. The van der Waals surface area contributed by atoms with Gasteiger partial charge in [-0.3, -0.25) is 0 Å². The van der Waals surface area contributed by atoms with Crippen LogP contribution >= 0.6 is 0 Å². The van der Waals surface area contributed by atoms with Crippen molar-refractivity contribution in [2.45, 2.75) is 31.2 Å². The molecule has 2 aromatic rings. The Morgan fingerprint density at radius 1 is 1.16 bits per heavy atom. The van der Waals surface area contributed by atoms with E-state index in [0.29, 0.717) is 30.9 Å². The first-order valence-electron chi connectivity index (χ1n) is 10.5. The smallest absolute Gasteiger partial charge is 0.375 e. The molecule has 0 N–H and O–H groups in total. The zero-order valence-electron chi connectivity index (χ0n) is 17.5. The van der Waals surface area contributed by atoms with E-state index < -0.39 is 17.6 Å². The highest BCUT2D eigenvalue weighted by Gasteiger charge is 2.43. The molecular formula is C23H25F4N3O. The van der Waals surface area contributed by atoms with Crippen LogP contribution in [0.2, 0.25) is 0 Å². The Morgan fingerprint density at radius 3 is 2.74 bits per heavy atom. The second kappa shape index (κ2) is 7.38. The number of hydrogen-bond acceptors (Lipinski definition) is 4. The lowest BCUT2D eigenvalue weighted by Gasteiger charge is -2.37. The maximum Gasteiger partial charge on any atom is 0.419 e. The molecule has 166 valence electrons. The topological polar surface area (TPSA) is 19.0 Å². The van der Waals surface area contributed by atoms with E-state index in [1.54, 1.807) is 7.05 Å². The Kier molecular flexibility index (Phi) is 4.90. The van der Waals surface area contributed by atoms with Crippen LogP contribution in [0.4, 0.5) is 34.6 Å². The molecule has 3 heterocycles. The third kappa shape index (κ3) is 3.36. The van der Waals surface area contributed by atoms with E-state index in [2.05, 4.69) is 16.8 Å². The van der Waals surface area contributed by atoms with Crippen molar-refractivity contribution >= 4 is 17.1 Å². The average molecular weight is 435 g/mol. The monoisotopic (exact) mass is 435 g/mol. The van der Waals surface area contributed by atoms with Gasteiger partial charge >= 0.3 is 6.18 Å². The first kappa shape index (κ1) is 20.6. The summed E-state index contributed by atoms with van der Waals surface area (Å²) in [6.07, 6.45) is -3.68. The van der Waals surface area contributed by atoms with Crippen molar-refractivity contribution in [1.29, 1.82) is 0 Å². The minimum absolute atomic E-state index is 0.0938. The van der Waals surface area contributed by atoms with E-state index >= 15 is 0 Å². The van der Waals surface area contributed by atoms with Crippen molar-refractivity contribution in [3.8, 4) is 0 Å². The lowest BCUT2D eigenvalue weighted by Crippen LogP contribution is -2.45. The van der Waals surface area contributed by atoms with Gasteiger partial charge < -0.3 is 19.4 Å². The van der Waals surface area contributed by atoms with Crippen LogP contribution in [0.15, 0.2) is 30.3 Å². The lowest BCUT2D eigenvalue weighted by molar-refractivity contribution is -0.139. The Labute approximate surface area is 179 Å². The van der Waals surface area contributed by atoms with E-state index in [1.807, 2.05) is 12.1 Å². The van der Waals surface area contributed by atoms with Crippen LogP contribution in [-0.4, -0.2) is 51.3 Å². The molecule has 4 nitrogen and oxygen atoms in total. The van der Waals surface area contributed by atoms with E-state index in [-0.39, 0.29) is 5.69 Å². The van der Waals surface area contributed by atoms with Gasteiger partial charge in [0.05, 0.1) is 24.5 Å². The fraction of sp³-hybridized carbons (Fsp3) is 0.478. The molecule has 3 aliphatic rings. The Bertz CT molecular complexity index is 1010. The average Bonchev–Trinajstić information content (AvgIpc) is 2.87. The van der Waals surface area contributed by atoms with Crippen LogP contribution in [0.5, 0.6) is 0 Å². The van der Waals surface area contributed by atoms with E-state index in [1.165, 1.54) is 28.3 Å². The van der Waals surface area contributed by atoms with E-state index in [0.717, 1.165) is 37.7 Å². The number of halogens is 4. The Balaban J connectivity index is 1.60. The highest BCUT2D eigenvalue weighted by molar-refractivity contribution is 5.75. The quantitative estimate of drug-likeness (QED) is 0.634. The van der Waals surface area contributed by atoms with E-state index in [4.69, 9.17) is 4.74 Å². The summed E-state index contributed by atoms with van der Waals surface area (Å²) >= 11 is 0. The standard InChI is InChI=1S/C23H25F4N3O/c1-28-7-6-19-17(12-28)16-11-15(10-14-13-31-9-8-30(19)22(14)16)29(2)20-5-3-4-18(21(20)24)23(25,26)27/h3-5,10-11,17,19H,6-9,12-13H2,1-2H3/t17-,19-/m0/s1. The summed E-state index contributed by atoms with van der Waals surface area (Å²) < 4.78 is 60.3. The Morgan fingerprint density at radius 2 is 1.97 bits per heavy atom. The van der Waals surface area contributed by atoms with Crippen molar-refractivity contribution < 1.29 is 22.3 Å². The second-order valence-corrected chi connectivity index (χ2v) is 8.71. The van der Waals surface area contributed by atoms with Crippen LogP contribution in [0.1, 0.15) is 29.0 Å². The number of benzene rings is 2. The van der Waals surface area contributed by atoms with Crippen LogP contribution in [0, 0.1) is 5.82 Å². The largest absolute Gasteiger partial charge is 0.419 e. The molecule has 31 heavy (non-hydrogen) atoms. The maximum absolute atomic E-state index is 14.8. The summed E-state index contributed by atoms with van der Waals surface area (Å²) in [7, 11) is 3.73. The number of hydrogen-bond donors (Lipinski definition) is 0. The molecule has 0 saturated carbocycles. The van der Waals surface area contributed by atoms with Crippen LogP contribution in [0.25, 0.3) is 0 Å². The minimum Gasteiger partial charge on any atom is -0.375 e. The van der Waals surface area contributed by atoms with Gasteiger partial charge in [-0.15, -0.1) is 0 Å². The van der Waals surface area contributed by atoms with E-state index in [9.17, 15) is 17.6 Å². The molecule has 3 aliphatic heterocycles. The first-order chi connectivity index (χ1) is 14.8. The van der Waals surface area contributed by atoms with Gasteiger partial charge in [0.15, 0.2) is 5.82 Å². The molecular weight excluding hydrogens is 410 g/mol. The molecule has 0 amide bonds. The minimum atomic E-state index is -4.74. The fourth-order valence-corrected chi connectivity index (χ4v) is 5.34. The van der Waals surface area contributed by atoms with Crippen molar-refractivity contribution in [2.24, 2.45) is 0 Å². The Hall–Kier alpha value is -2.32. The summed E-state index contributed by atoms with van der Waals surface area (Å²) in [6.45, 7) is 3.88. The third-order valence-electron chi connectivity index (χ3n) is 6.84. The molecule has 5 rings (SSSR count). The summed E-state index contributed by atoms with van der Waals surface area (Å²) in [6, 6.07) is 7.76. The van der Waals surface area contributed by atoms with Gasteiger partial charge in [0, 0.05) is 49.0 Å². The zero-order chi connectivity index (χ0) is 21.9. The molecule has 0 bridgehead atoms. The van der Waals surface area contributed by atoms with Crippen molar-refractivity contribution in [3.05, 3.63) is 52.8 Å². The number of anilines is 3. The number of likely N-dealkylation sites (tertiary alicyclic amines) is 1. The predicted molar refractivity (Wildman–Crippen MR) is 112 cm³/mol. The normalized spacial score (nSPS) is 23.4. The number of piperidine rings is 1. The third-order valence-corrected chi connectivity index (χ3v) is 6.84. The molecule has 2 aromatic carbocycles. The number of likely N-dealkylation sites (N-methyl/N-ethyl adjacent to an activating group) is 1. The first-order valence-corrected chi connectivity index (χ1v) is 10.5. The summed E-state index contributed by atoms with van der Waals surface area (Å²) in [4.78, 5) is 6.28. The molecule has 0 aliphatic carbocycles. The van der Waals surface area contributed by atoms with Crippen LogP contribution < -0.4 is 9.80 Å². The molecule has 0 aromatic heterocycles. The van der Waals surface area contributed by atoms with Gasteiger partial charge in [0.25, 0.3) is 0 Å². The fourth-order valence-electron chi connectivity index (χ4n) is 5.34. The number of alkyl halides is 3. The summed E-state index contributed by atoms with van der Waals surface area (Å²) in [5.41, 5.74) is 2.73. The number of nitrogens with zero attached hydrogens (tertiary/aromatic N) is 3. The zero-order valence-corrected chi connectivity index (χ0v) is 17.5. The summed E-state index contributed by atoms with van der Waals surface area (Å²) in [5.74, 6) is -0.928. The molecule has 0 unspecified atom stereocenters. The van der Waals surface area contributed by atoms with Gasteiger partial charge in [-0.05, 0) is 49.8 Å². The number of rotatable bonds is 2. The van der Waals surface area contributed by atoms with Crippen molar-refractivity contribution in [3.63, 3.8) is 0 Å². The van der Waals surface area contributed by atoms with Gasteiger partial charge in [-0.25, -0.2) is 4.39 Å². The van der Waals surface area contributed by atoms with Gasteiger partial charge in [0.1, 0.15) is 0 Å². The molecule has 0 radical (unpaired) electrons. The van der Waals surface area contributed by atoms with Gasteiger partial charge in [-0.1, -0.05) is 6.07 Å². The lowest BCUT2D eigenvalue weighted by atomic mass is 9.88. The maximum atomic E-state index is 14.8. The van der Waals surface area contributed by atoms with Gasteiger partial charge in [0.2, 0.25) is 0 Å². The molecule has 1 saturated heterocycles. The van der Waals surface area contributed by atoms with Crippen molar-refractivity contribution in [1.82, 2.24) is 4.90 Å². The van der Waals surface area contributed by atoms with Crippen LogP contribution in [0.3, 0.4) is 0 Å². The number of ether oxygens (including phenoxy) is 1. The molecule has 1 fully saturated rings. The molecule has 0 spiro atoms. The van der Waals surface area contributed by atoms with Crippen LogP contribution in [-0.2, 0) is 17.5 Å². The molecule has 8 heteroatoms. The van der Waals surface area contributed by atoms with Gasteiger partial charge in [-0.2, -0.15) is 13.2 Å².